The first-order valence-corrected chi connectivity index (χ1v) is 6.86. The Morgan fingerprint density at radius 3 is 2.76 bits per heavy atom. The van der Waals surface area contributed by atoms with Gasteiger partial charge in [0.25, 0.3) is 0 Å². The number of nitrogens with zero attached hydrogens (tertiary/aromatic N) is 3. The topological polar surface area (TPSA) is 71.1 Å². The number of carbonyl (C=O) groups excluding carboxylic acids is 1. The van der Waals surface area contributed by atoms with Crippen LogP contribution in [-0.2, 0) is 11.3 Å². The number of aromatic nitrogens is 3. The van der Waals surface area contributed by atoms with Crippen molar-refractivity contribution in [1.82, 2.24) is 20.1 Å². The van der Waals surface area contributed by atoms with E-state index in [2.05, 4.69) is 15.2 Å². The van der Waals surface area contributed by atoms with Gasteiger partial charge in [-0.3, -0.25) is 9.89 Å². The highest BCUT2D eigenvalue weighted by Crippen LogP contribution is 2.16. The van der Waals surface area contributed by atoms with Gasteiger partial charge in [0.05, 0.1) is 19.6 Å². The van der Waals surface area contributed by atoms with E-state index in [1.54, 1.807) is 11.9 Å². The second-order valence-corrected chi connectivity index (χ2v) is 4.95. The highest BCUT2D eigenvalue weighted by Gasteiger charge is 2.12. The summed E-state index contributed by atoms with van der Waals surface area (Å²) in [6.45, 7) is 4.57. The van der Waals surface area contributed by atoms with Crippen LogP contribution in [0.15, 0.2) is 24.3 Å². The Hall–Kier alpha value is -2.37. The van der Waals surface area contributed by atoms with Gasteiger partial charge in [-0.1, -0.05) is 18.2 Å². The molecule has 0 saturated carbocycles. The molecule has 0 fully saturated rings. The summed E-state index contributed by atoms with van der Waals surface area (Å²) in [7, 11) is 1.74. The van der Waals surface area contributed by atoms with E-state index in [0.29, 0.717) is 25.4 Å². The molecule has 0 spiro atoms. The van der Waals surface area contributed by atoms with Gasteiger partial charge in [0.1, 0.15) is 11.6 Å². The van der Waals surface area contributed by atoms with E-state index in [0.717, 1.165) is 17.1 Å². The van der Waals surface area contributed by atoms with Crippen molar-refractivity contribution in [1.29, 1.82) is 0 Å². The van der Waals surface area contributed by atoms with Crippen LogP contribution in [0.25, 0.3) is 0 Å². The van der Waals surface area contributed by atoms with Crippen LogP contribution in [0.5, 0.6) is 5.75 Å². The van der Waals surface area contributed by atoms with E-state index in [1.807, 2.05) is 38.1 Å². The van der Waals surface area contributed by atoms with E-state index in [-0.39, 0.29) is 5.91 Å². The Bertz CT molecular complexity index is 609. The number of hydrogen-bond acceptors (Lipinski definition) is 4. The first-order chi connectivity index (χ1) is 10.1. The van der Waals surface area contributed by atoms with Gasteiger partial charge in [-0.2, -0.15) is 5.10 Å². The van der Waals surface area contributed by atoms with Crippen LogP contribution in [0.2, 0.25) is 0 Å². The summed E-state index contributed by atoms with van der Waals surface area (Å²) in [5.74, 6) is 2.18. The molecule has 6 heteroatoms. The SMILES string of the molecule is Cc1nc(CN(C)C(=O)CCOc2ccccc2C)n[nH]1. The third-order valence-corrected chi connectivity index (χ3v) is 3.11. The molecule has 1 aromatic carbocycles. The number of carbonyl (C=O) groups is 1. The van der Waals surface area contributed by atoms with Crippen LogP contribution in [-0.4, -0.2) is 39.6 Å². The minimum atomic E-state index is 0.00559. The van der Waals surface area contributed by atoms with Gasteiger partial charge in [0, 0.05) is 7.05 Å². The number of ether oxygens (including phenoxy) is 1. The maximum atomic E-state index is 12.0. The molecule has 0 aliphatic carbocycles. The summed E-state index contributed by atoms with van der Waals surface area (Å²) >= 11 is 0. The zero-order chi connectivity index (χ0) is 15.2. The quantitative estimate of drug-likeness (QED) is 0.880. The summed E-state index contributed by atoms with van der Waals surface area (Å²) in [5.41, 5.74) is 1.06. The van der Waals surface area contributed by atoms with Gasteiger partial charge in [-0.05, 0) is 25.5 Å². The lowest BCUT2D eigenvalue weighted by molar-refractivity contribution is -0.131. The number of H-pyrrole nitrogens is 1. The standard InChI is InChI=1S/C15H20N4O2/c1-11-6-4-5-7-13(11)21-9-8-15(20)19(3)10-14-16-12(2)17-18-14/h4-7H,8-10H2,1-3H3,(H,16,17,18). The number of hydrogen-bond donors (Lipinski definition) is 1. The third-order valence-electron chi connectivity index (χ3n) is 3.11. The number of rotatable bonds is 6. The molecule has 0 aliphatic rings. The number of benzene rings is 1. The molecule has 1 N–H and O–H groups in total. The van der Waals surface area contributed by atoms with Crippen molar-refractivity contribution in [2.45, 2.75) is 26.8 Å². The van der Waals surface area contributed by atoms with Crippen molar-refractivity contribution < 1.29 is 9.53 Å². The maximum Gasteiger partial charge on any atom is 0.226 e. The van der Waals surface area contributed by atoms with E-state index < -0.39 is 0 Å². The highest BCUT2D eigenvalue weighted by molar-refractivity contribution is 5.75. The Balaban J connectivity index is 1.77. The molecule has 1 amide bonds. The summed E-state index contributed by atoms with van der Waals surface area (Å²) < 4.78 is 5.63. The van der Waals surface area contributed by atoms with Crippen LogP contribution >= 0.6 is 0 Å². The van der Waals surface area contributed by atoms with Crippen LogP contribution in [0.3, 0.4) is 0 Å². The largest absolute Gasteiger partial charge is 0.493 e. The molecule has 1 aromatic heterocycles. The molecule has 0 bridgehead atoms. The predicted octanol–water partition coefficient (Wildman–Crippen LogP) is 1.85. The van der Waals surface area contributed by atoms with Crippen molar-refractivity contribution >= 4 is 5.91 Å². The third kappa shape index (κ3) is 4.30. The fraction of sp³-hybridized carbons (Fsp3) is 0.400. The van der Waals surface area contributed by atoms with E-state index in [9.17, 15) is 4.79 Å². The Labute approximate surface area is 124 Å². The van der Waals surface area contributed by atoms with E-state index >= 15 is 0 Å². The number of aromatic amines is 1. The molecule has 1 heterocycles. The molecule has 0 unspecified atom stereocenters. The zero-order valence-electron chi connectivity index (χ0n) is 12.6. The Morgan fingerprint density at radius 1 is 1.33 bits per heavy atom. The Kier molecular flexibility index (Phi) is 4.92. The molecule has 0 saturated heterocycles. The maximum absolute atomic E-state index is 12.0. The molecule has 21 heavy (non-hydrogen) atoms. The van der Waals surface area contributed by atoms with Crippen molar-refractivity contribution in [3.63, 3.8) is 0 Å². The summed E-state index contributed by atoms with van der Waals surface area (Å²) in [4.78, 5) is 17.8. The second kappa shape index (κ2) is 6.88. The highest BCUT2D eigenvalue weighted by atomic mass is 16.5. The van der Waals surface area contributed by atoms with Gasteiger partial charge in [-0.25, -0.2) is 4.98 Å². The normalized spacial score (nSPS) is 10.4. The minimum absolute atomic E-state index is 0.00559. The number of amides is 1. The van der Waals surface area contributed by atoms with Gasteiger partial charge in [-0.15, -0.1) is 0 Å². The van der Waals surface area contributed by atoms with Crippen molar-refractivity contribution in [3.8, 4) is 5.75 Å². The smallest absolute Gasteiger partial charge is 0.226 e. The van der Waals surface area contributed by atoms with Crippen molar-refractivity contribution in [2.24, 2.45) is 0 Å². The van der Waals surface area contributed by atoms with E-state index in [4.69, 9.17) is 4.74 Å². The van der Waals surface area contributed by atoms with Crippen LogP contribution in [0.4, 0.5) is 0 Å². The van der Waals surface area contributed by atoms with Gasteiger partial charge < -0.3 is 9.64 Å². The summed E-state index contributed by atoms with van der Waals surface area (Å²) in [6.07, 6.45) is 0.328. The van der Waals surface area contributed by atoms with Gasteiger partial charge >= 0.3 is 0 Å². The Morgan fingerprint density at radius 2 is 2.10 bits per heavy atom. The molecular weight excluding hydrogens is 268 g/mol. The molecular formula is C15H20N4O2. The molecule has 2 rings (SSSR count). The average molecular weight is 288 g/mol. The number of aryl methyl sites for hydroxylation is 2. The fourth-order valence-electron chi connectivity index (χ4n) is 1.92. The molecule has 2 aromatic rings. The minimum Gasteiger partial charge on any atom is -0.493 e. The average Bonchev–Trinajstić information content (AvgIpc) is 2.86. The molecule has 0 radical (unpaired) electrons. The number of nitrogens with one attached hydrogen (secondary N) is 1. The summed E-state index contributed by atoms with van der Waals surface area (Å²) in [6, 6.07) is 7.76. The van der Waals surface area contributed by atoms with Gasteiger partial charge in [0.15, 0.2) is 5.82 Å². The lowest BCUT2D eigenvalue weighted by Crippen LogP contribution is -2.28. The monoisotopic (exact) mass is 288 g/mol. The predicted molar refractivity (Wildman–Crippen MR) is 78.9 cm³/mol. The molecule has 0 aliphatic heterocycles. The summed E-state index contributed by atoms with van der Waals surface area (Å²) in [5, 5.41) is 6.78. The zero-order valence-corrected chi connectivity index (χ0v) is 12.6. The first kappa shape index (κ1) is 15.0. The molecule has 0 atom stereocenters. The second-order valence-electron chi connectivity index (χ2n) is 4.95. The van der Waals surface area contributed by atoms with Crippen molar-refractivity contribution in [3.05, 3.63) is 41.5 Å². The van der Waals surface area contributed by atoms with Crippen LogP contribution in [0, 0.1) is 13.8 Å². The molecule has 6 nitrogen and oxygen atoms in total. The molecule has 112 valence electrons. The van der Waals surface area contributed by atoms with E-state index in [1.165, 1.54) is 0 Å². The lowest BCUT2D eigenvalue weighted by atomic mass is 10.2. The number of para-hydroxylation sites is 1. The first-order valence-electron chi connectivity index (χ1n) is 6.86. The fourth-order valence-corrected chi connectivity index (χ4v) is 1.92. The van der Waals surface area contributed by atoms with Crippen LogP contribution < -0.4 is 4.74 Å². The lowest BCUT2D eigenvalue weighted by Gasteiger charge is -2.15. The van der Waals surface area contributed by atoms with Crippen LogP contribution in [0.1, 0.15) is 23.6 Å². The van der Waals surface area contributed by atoms with Gasteiger partial charge in [0.2, 0.25) is 5.91 Å². The van der Waals surface area contributed by atoms with Crippen molar-refractivity contribution in [2.75, 3.05) is 13.7 Å².